The van der Waals surface area contributed by atoms with Gasteiger partial charge in [0, 0.05) is 52.8 Å². The van der Waals surface area contributed by atoms with E-state index in [2.05, 4.69) is 41.9 Å². The second-order valence-corrected chi connectivity index (χ2v) is 16.0. The molecular weight excluding hydrogens is 618 g/mol. The van der Waals surface area contributed by atoms with E-state index in [4.69, 9.17) is 26.3 Å². The standard InChI is InChI=1S/C30H32ClN9O2S2/c1-29(2,3)44(41)39-24-18-5-4-11-33-19(18)15-30(24)9-13-40(14-10-30)28-35-20(16-32)22-25(36-28)37-38-27(22)43-21-8-12-34-26(23(21)31)42-17-6-7-17/h4-5,8,11-12,17,24,39H,6-7,9-10,13-15H2,1-3H3,(H,35,36,37,38)/t24-,44-/m1/s1. The number of rotatable bonds is 7. The van der Waals surface area contributed by atoms with Crippen molar-refractivity contribution in [1.29, 1.82) is 5.26 Å². The highest BCUT2D eigenvalue weighted by atomic mass is 35.5. The zero-order valence-electron chi connectivity index (χ0n) is 24.6. The number of aromatic nitrogens is 6. The van der Waals surface area contributed by atoms with Crippen molar-refractivity contribution in [1.82, 2.24) is 34.9 Å². The Morgan fingerprint density at radius 1 is 1.20 bits per heavy atom. The number of pyridine rings is 2. The van der Waals surface area contributed by atoms with Crippen LogP contribution in [0.3, 0.4) is 0 Å². The van der Waals surface area contributed by atoms with Gasteiger partial charge >= 0.3 is 0 Å². The normalized spacial score (nSPS) is 20.1. The minimum atomic E-state index is -1.23. The molecule has 14 heteroatoms. The van der Waals surface area contributed by atoms with E-state index < -0.39 is 11.4 Å². The SMILES string of the molecule is CC(C)(C)[S@@+]([O-])N[C@@H]1c2cccnc2CC12CCN(c1nc(C#N)c3c(Sc4ccnc(OC5CC5)c4Cl)n[nH]c3n1)CC2. The monoisotopic (exact) mass is 649 g/mol. The summed E-state index contributed by atoms with van der Waals surface area (Å²) in [7, 11) is 0. The number of piperidine rings is 1. The van der Waals surface area contributed by atoms with Crippen LogP contribution in [0, 0.1) is 16.7 Å². The predicted molar refractivity (Wildman–Crippen MR) is 169 cm³/mol. The molecule has 4 aromatic heterocycles. The molecule has 3 aliphatic rings. The van der Waals surface area contributed by atoms with Crippen molar-refractivity contribution >= 4 is 51.7 Å². The number of nitriles is 1. The van der Waals surface area contributed by atoms with Crippen LogP contribution in [0.1, 0.15) is 69.4 Å². The van der Waals surface area contributed by atoms with E-state index in [0.29, 0.717) is 46.0 Å². The quantitative estimate of drug-likeness (QED) is 0.251. The number of hydrogen-bond donors (Lipinski definition) is 2. The van der Waals surface area contributed by atoms with Crippen LogP contribution in [-0.2, 0) is 17.8 Å². The molecule has 11 nitrogen and oxygen atoms in total. The maximum Gasteiger partial charge on any atom is 0.234 e. The summed E-state index contributed by atoms with van der Waals surface area (Å²) in [6, 6.07) is 8.05. The Hall–Kier alpha value is -3.15. The maximum absolute atomic E-state index is 13.2. The Kier molecular flexibility index (Phi) is 7.61. The second kappa shape index (κ2) is 11.3. The fourth-order valence-corrected chi connectivity index (χ4v) is 8.04. The summed E-state index contributed by atoms with van der Waals surface area (Å²) in [6.07, 6.45) is 8.16. The number of anilines is 1. The van der Waals surface area contributed by atoms with Gasteiger partial charge in [-0.25, -0.2) is 9.97 Å². The van der Waals surface area contributed by atoms with E-state index in [9.17, 15) is 9.81 Å². The predicted octanol–water partition coefficient (Wildman–Crippen LogP) is 5.30. The Morgan fingerprint density at radius 3 is 2.73 bits per heavy atom. The average molecular weight is 650 g/mol. The molecule has 1 spiro atoms. The molecule has 1 saturated carbocycles. The molecule has 2 fully saturated rings. The molecule has 228 valence electrons. The zero-order chi connectivity index (χ0) is 30.6. The molecule has 2 N–H and O–H groups in total. The first-order valence-corrected chi connectivity index (χ1v) is 17.0. The first kappa shape index (κ1) is 29.6. The fourth-order valence-electron chi connectivity index (χ4n) is 5.92. The third kappa shape index (κ3) is 5.47. The molecule has 0 radical (unpaired) electrons. The molecule has 0 unspecified atom stereocenters. The Morgan fingerprint density at radius 2 is 2.00 bits per heavy atom. The lowest BCUT2D eigenvalue weighted by molar-refractivity contribution is 0.175. The van der Waals surface area contributed by atoms with Gasteiger partial charge in [-0.3, -0.25) is 10.1 Å². The van der Waals surface area contributed by atoms with Crippen LogP contribution < -0.4 is 14.4 Å². The molecule has 5 heterocycles. The molecule has 0 amide bonds. The second-order valence-electron chi connectivity index (χ2n) is 12.6. The van der Waals surface area contributed by atoms with Gasteiger partial charge in [-0.1, -0.05) is 29.4 Å². The van der Waals surface area contributed by atoms with Crippen LogP contribution in [0.25, 0.3) is 11.0 Å². The molecule has 0 aromatic carbocycles. The van der Waals surface area contributed by atoms with Crippen LogP contribution in [0.4, 0.5) is 5.95 Å². The lowest BCUT2D eigenvalue weighted by Gasteiger charge is -2.43. The third-order valence-electron chi connectivity index (χ3n) is 8.50. The summed E-state index contributed by atoms with van der Waals surface area (Å²) >= 11 is 6.71. The number of ether oxygens (including phenoxy) is 1. The van der Waals surface area contributed by atoms with Gasteiger partial charge in [0.05, 0.1) is 11.4 Å². The Balaban J connectivity index is 1.12. The van der Waals surface area contributed by atoms with Crippen molar-refractivity contribution < 1.29 is 9.29 Å². The molecule has 0 bridgehead atoms. The van der Waals surface area contributed by atoms with Gasteiger partial charge in [0.1, 0.15) is 27.0 Å². The lowest BCUT2D eigenvalue weighted by Crippen LogP contribution is -2.50. The average Bonchev–Trinajstić information content (AvgIpc) is 3.67. The molecule has 1 saturated heterocycles. The number of fused-ring (bicyclic) bond motifs is 2. The molecule has 4 aromatic rings. The smallest absolute Gasteiger partial charge is 0.234 e. The van der Waals surface area contributed by atoms with Crippen LogP contribution in [0.15, 0.2) is 40.5 Å². The van der Waals surface area contributed by atoms with Crippen LogP contribution in [0.5, 0.6) is 5.88 Å². The van der Waals surface area contributed by atoms with Gasteiger partial charge < -0.3 is 14.2 Å². The van der Waals surface area contributed by atoms with Crippen molar-refractivity contribution in [3.63, 3.8) is 0 Å². The molecule has 2 aliphatic carbocycles. The number of hydrogen-bond acceptors (Lipinski definition) is 11. The topological polar surface area (TPSA) is 152 Å². The van der Waals surface area contributed by atoms with Crippen molar-refractivity contribution in [2.24, 2.45) is 5.41 Å². The van der Waals surface area contributed by atoms with Crippen molar-refractivity contribution in [2.45, 2.75) is 79.7 Å². The third-order valence-corrected chi connectivity index (χ3v) is 11.6. The molecule has 2 atom stereocenters. The highest BCUT2D eigenvalue weighted by Gasteiger charge is 2.51. The van der Waals surface area contributed by atoms with E-state index in [0.717, 1.165) is 48.3 Å². The van der Waals surface area contributed by atoms with Crippen molar-refractivity contribution in [3.8, 4) is 11.9 Å². The number of H-pyrrole nitrogens is 1. The molecule has 1 aliphatic heterocycles. The summed E-state index contributed by atoms with van der Waals surface area (Å²) in [4.78, 5) is 21.3. The van der Waals surface area contributed by atoms with Gasteiger partial charge in [0.25, 0.3) is 0 Å². The van der Waals surface area contributed by atoms with Gasteiger partial charge in [-0.2, -0.15) is 15.3 Å². The summed E-state index contributed by atoms with van der Waals surface area (Å²) in [5.41, 5.74) is 2.81. The number of halogens is 1. The van der Waals surface area contributed by atoms with E-state index in [1.807, 2.05) is 33.0 Å². The van der Waals surface area contributed by atoms with E-state index in [1.54, 1.807) is 12.3 Å². The first-order chi connectivity index (χ1) is 21.1. The molecular formula is C30H32ClN9O2S2. The Bertz CT molecular complexity index is 1760. The minimum absolute atomic E-state index is 0.0612. The summed E-state index contributed by atoms with van der Waals surface area (Å²) in [5.74, 6) is 0.895. The van der Waals surface area contributed by atoms with Gasteiger partial charge in [0.2, 0.25) is 11.8 Å². The van der Waals surface area contributed by atoms with Crippen LogP contribution in [0.2, 0.25) is 5.02 Å². The van der Waals surface area contributed by atoms with E-state index >= 15 is 0 Å². The highest BCUT2D eigenvalue weighted by Crippen LogP contribution is 2.52. The summed E-state index contributed by atoms with van der Waals surface area (Å²) in [6.45, 7) is 7.33. The molecule has 7 rings (SSSR count). The fraction of sp³-hybridized carbons (Fsp3) is 0.467. The van der Waals surface area contributed by atoms with Crippen molar-refractivity contribution in [2.75, 3.05) is 18.0 Å². The largest absolute Gasteiger partial charge is 0.598 e. The van der Waals surface area contributed by atoms with Crippen molar-refractivity contribution in [3.05, 3.63) is 52.6 Å². The van der Waals surface area contributed by atoms with Gasteiger partial charge in [0.15, 0.2) is 11.3 Å². The first-order valence-electron chi connectivity index (χ1n) is 14.7. The number of aromatic amines is 1. The van der Waals surface area contributed by atoms with E-state index in [-0.39, 0.29) is 28.0 Å². The lowest BCUT2D eigenvalue weighted by atomic mass is 9.73. The minimum Gasteiger partial charge on any atom is -0.598 e. The number of nitrogens with zero attached hydrogens (tertiary/aromatic N) is 7. The summed E-state index contributed by atoms with van der Waals surface area (Å²) < 4.78 is 22.1. The number of nitrogens with one attached hydrogen (secondary N) is 2. The van der Waals surface area contributed by atoms with Gasteiger partial charge in [-0.15, -0.1) is 4.72 Å². The van der Waals surface area contributed by atoms with Crippen LogP contribution in [-0.4, -0.2) is 58.6 Å². The maximum atomic E-state index is 13.2. The van der Waals surface area contributed by atoms with E-state index in [1.165, 1.54) is 11.8 Å². The van der Waals surface area contributed by atoms with Gasteiger partial charge in [-0.05, 0) is 70.6 Å². The zero-order valence-corrected chi connectivity index (χ0v) is 27.0. The van der Waals surface area contributed by atoms with Crippen LogP contribution >= 0.6 is 23.4 Å². The Labute approximate surface area is 267 Å². The molecule has 44 heavy (non-hydrogen) atoms. The summed E-state index contributed by atoms with van der Waals surface area (Å²) in [5, 5.41) is 19.1. The highest BCUT2D eigenvalue weighted by molar-refractivity contribution is 7.99.